The van der Waals surface area contributed by atoms with Gasteiger partial charge in [-0.1, -0.05) is 0 Å². The van der Waals surface area contributed by atoms with Crippen LogP contribution in [0, 0.1) is 0 Å². The normalized spacial score (nSPS) is 10.4. The Morgan fingerprint density at radius 1 is 1.67 bits per heavy atom. The number of nitrogens with two attached hydrogens (primary N) is 1. The molecule has 0 unspecified atom stereocenters. The van der Waals surface area contributed by atoms with Crippen molar-refractivity contribution in [2.75, 3.05) is 13.2 Å². The van der Waals surface area contributed by atoms with Crippen LogP contribution in [0.1, 0.15) is 23.1 Å². The fourth-order valence-corrected chi connectivity index (χ4v) is 1.97. The molecule has 0 aliphatic carbocycles. The smallest absolute Gasteiger partial charge is 0.357 e. The number of halogens is 1. The fourth-order valence-electron chi connectivity index (χ4n) is 1.27. The van der Waals surface area contributed by atoms with E-state index in [0.717, 1.165) is 5.69 Å². The SMILES string of the molecule is CCOC(=O)c1c(Br)c(CCN)nn1C. The van der Waals surface area contributed by atoms with Gasteiger partial charge in [0, 0.05) is 13.5 Å². The largest absolute Gasteiger partial charge is 0.461 e. The van der Waals surface area contributed by atoms with E-state index in [1.54, 1.807) is 14.0 Å². The Hall–Kier alpha value is -0.880. The number of ether oxygens (including phenoxy) is 1. The van der Waals surface area contributed by atoms with Crippen molar-refractivity contribution in [1.29, 1.82) is 0 Å². The van der Waals surface area contributed by atoms with E-state index in [1.807, 2.05) is 0 Å². The highest BCUT2D eigenvalue weighted by molar-refractivity contribution is 9.10. The molecule has 0 saturated carbocycles. The molecule has 0 radical (unpaired) electrons. The van der Waals surface area contributed by atoms with E-state index in [-0.39, 0.29) is 5.97 Å². The number of hydrogen-bond donors (Lipinski definition) is 1. The summed E-state index contributed by atoms with van der Waals surface area (Å²) in [6.45, 7) is 2.61. The Kier molecular flexibility index (Phi) is 4.28. The third-order valence-electron chi connectivity index (χ3n) is 1.91. The summed E-state index contributed by atoms with van der Waals surface area (Å²) in [4.78, 5) is 11.6. The van der Waals surface area contributed by atoms with E-state index in [2.05, 4.69) is 21.0 Å². The van der Waals surface area contributed by atoms with Crippen LogP contribution in [0.2, 0.25) is 0 Å². The van der Waals surface area contributed by atoms with Gasteiger partial charge in [0.2, 0.25) is 0 Å². The third kappa shape index (κ3) is 2.57. The van der Waals surface area contributed by atoms with Crippen LogP contribution >= 0.6 is 15.9 Å². The first-order valence-electron chi connectivity index (χ1n) is 4.70. The van der Waals surface area contributed by atoms with Gasteiger partial charge in [-0.2, -0.15) is 5.10 Å². The Morgan fingerprint density at radius 2 is 2.33 bits per heavy atom. The minimum absolute atomic E-state index is 0.350. The Bertz CT molecular complexity index is 362. The van der Waals surface area contributed by atoms with Gasteiger partial charge in [-0.15, -0.1) is 0 Å². The molecule has 1 aromatic rings. The molecule has 0 aliphatic heterocycles. The lowest BCUT2D eigenvalue weighted by atomic mass is 10.3. The summed E-state index contributed by atoms with van der Waals surface area (Å²) in [5, 5.41) is 4.19. The van der Waals surface area contributed by atoms with E-state index >= 15 is 0 Å². The van der Waals surface area contributed by atoms with Gasteiger partial charge in [-0.3, -0.25) is 4.68 Å². The number of nitrogens with zero attached hydrogens (tertiary/aromatic N) is 2. The quantitative estimate of drug-likeness (QED) is 0.828. The van der Waals surface area contributed by atoms with Gasteiger partial charge in [0.05, 0.1) is 16.8 Å². The molecule has 0 amide bonds. The predicted molar refractivity (Wildman–Crippen MR) is 59.6 cm³/mol. The number of aryl methyl sites for hydroxylation is 1. The average Bonchev–Trinajstić information content (AvgIpc) is 2.43. The zero-order valence-corrected chi connectivity index (χ0v) is 10.4. The number of hydrogen-bond acceptors (Lipinski definition) is 4. The van der Waals surface area contributed by atoms with Gasteiger partial charge in [-0.05, 0) is 29.4 Å². The van der Waals surface area contributed by atoms with Crippen molar-refractivity contribution in [3.63, 3.8) is 0 Å². The van der Waals surface area contributed by atoms with Gasteiger partial charge in [0.15, 0.2) is 5.69 Å². The van der Waals surface area contributed by atoms with Gasteiger partial charge in [0.25, 0.3) is 0 Å². The Morgan fingerprint density at radius 3 is 2.87 bits per heavy atom. The Balaban J connectivity index is 3.02. The minimum Gasteiger partial charge on any atom is -0.461 e. The van der Waals surface area contributed by atoms with Gasteiger partial charge >= 0.3 is 5.97 Å². The van der Waals surface area contributed by atoms with Crippen LogP contribution in [-0.2, 0) is 18.2 Å². The van der Waals surface area contributed by atoms with Crippen LogP contribution in [0.3, 0.4) is 0 Å². The van der Waals surface area contributed by atoms with Gasteiger partial charge in [0.1, 0.15) is 0 Å². The van der Waals surface area contributed by atoms with Crippen molar-refractivity contribution in [3.8, 4) is 0 Å². The molecule has 0 bridgehead atoms. The van der Waals surface area contributed by atoms with Crippen molar-refractivity contribution >= 4 is 21.9 Å². The highest BCUT2D eigenvalue weighted by atomic mass is 79.9. The second kappa shape index (κ2) is 5.27. The number of carbonyl (C=O) groups is 1. The van der Waals surface area contributed by atoms with E-state index in [4.69, 9.17) is 10.5 Å². The standard InChI is InChI=1S/C9H14BrN3O2/c1-3-15-9(14)8-7(10)6(4-5-11)12-13(8)2/h3-5,11H2,1-2H3. The maximum atomic E-state index is 11.6. The molecule has 2 N–H and O–H groups in total. The summed E-state index contributed by atoms with van der Waals surface area (Å²) in [6, 6.07) is 0. The van der Waals surface area contributed by atoms with E-state index < -0.39 is 0 Å². The van der Waals surface area contributed by atoms with Gasteiger partial charge < -0.3 is 10.5 Å². The topological polar surface area (TPSA) is 70.1 Å². The van der Waals surface area contributed by atoms with E-state index in [0.29, 0.717) is 29.7 Å². The summed E-state index contributed by atoms with van der Waals surface area (Å²) in [5.74, 6) is -0.373. The maximum Gasteiger partial charge on any atom is 0.357 e. The molecule has 1 heterocycles. The number of esters is 1. The van der Waals surface area contributed by atoms with Crippen molar-refractivity contribution in [3.05, 3.63) is 15.9 Å². The molecular weight excluding hydrogens is 262 g/mol. The summed E-state index contributed by atoms with van der Waals surface area (Å²) in [5.41, 5.74) is 6.65. The zero-order valence-electron chi connectivity index (χ0n) is 8.79. The second-order valence-corrected chi connectivity index (χ2v) is 3.79. The molecular formula is C9H14BrN3O2. The lowest BCUT2D eigenvalue weighted by Crippen LogP contribution is -2.10. The van der Waals surface area contributed by atoms with Crippen molar-refractivity contribution < 1.29 is 9.53 Å². The van der Waals surface area contributed by atoms with Crippen molar-refractivity contribution in [2.24, 2.45) is 12.8 Å². The van der Waals surface area contributed by atoms with Crippen LogP contribution in [0.25, 0.3) is 0 Å². The fraction of sp³-hybridized carbons (Fsp3) is 0.556. The predicted octanol–water partition coefficient (Wildman–Crippen LogP) is 0.861. The molecule has 0 saturated heterocycles. The molecule has 15 heavy (non-hydrogen) atoms. The number of rotatable bonds is 4. The van der Waals surface area contributed by atoms with Crippen molar-refractivity contribution in [1.82, 2.24) is 9.78 Å². The lowest BCUT2D eigenvalue weighted by Gasteiger charge is -2.01. The molecule has 0 aliphatic rings. The molecule has 1 aromatic heterocycles. The molecule has 5 nitrogen and oxygen atoms in total. The molecule has 1 rings (SSSR count). The number of carbonyl (C=O) groups excluding carboxylic acids is 1. The number of aromatic nitrogens is 2. The van der Waals surface area contributed by atoms with Crippen LogP contribution in [0.15, 0.2) is 4.47 Å². The summed E-state index contributed by atoms with van der Waals surface area (Å²) < 4.78 is 7.10. The van der Waals surface area contributed by atoms with Crippen LogP contribution in [0.5, 0.6) is 0 Å². The van der Waals surface area contributed by atoms with Crippen LogP contribution in [0.4, 0.5) is 0 Å². The monoisotopic (exact) mass is 275 g/mol. The van der Waals surface area contributed by atoms with Gasteiger partial charge in [-0.25, -0.2) is 4.79 Å². The van der Waals surface area contributed by atoms with Crippen LogP contribution < -0.4 is 5.73 Å². The van der Waals surface area contributed by atoms with Crippen molar-refractivity contribution in [2.45, 2.75) is 13.3 Å². The summed E-state index contributed by atoms with van der Waals surface area (Å²) in [7, 11) is 1.71. The maximum absolute atomic E-state index is 11.6. The molecule has 0 atom stereocenters. The molecule has 0 spiro atoms. The summed E-state index contributed by atoms with van der Waals surface area (Å²) >= 11 is 3.33. The highest BCUT2D eigenvalue weighted by Gasteiger charge is 2.20. The lowest BCUT2D eigenvalue weighted by molar-refractivity contribution is 0.0512. The molecule has 0 fully saturated rings. The zero-order chi connectivity index (χ0) is 11.4. The first-order chi connectivity index (χ1) is 7.11. The first kappa shape index (κ1) is 12.2. The molecule has 0 aromatic carbocycles. The van der Waals surface area contributed by atoms with Crippen LogP contribution in [-0.4, -0.2) is 28.9 Å². The van der Waals surface area contributed by atoms with E-state index in [1.165, 1.54) is 4.68 Å². The van der Waals surface area contributed by atoms with E-state index in [9.17, 15) is 4.79 Å². The summed E-state index contributed by atoms with van der Waals surface area (Å²) in [6.07, 6.45) is 0.633. The molecule has 6 heteroatoms. The second-order valence-electron chi connectivity index (χ2n) is 2.99. The molecule has 84 valence electrons. The average molecular weight is 276 g/mol. The Labute approximate surface area is 96.7 Å². The third-order valence-corrected chi connectivity index (χ3v) is 2.74. The minimum atomic E-state index is -0.373. The highest BCUT2D eigenvalue weighted by Crippen LogP contribution is 2.22. The first-order valence-corrected chi connectivity index (χ1v) is 5.49.